The number of aromatic nitrogens is 1. The molecule has 0 aromatic carbocycles. The second-order valence-electron chi connectivity index (χ2n) is 9.96. The fourth-order valence-electron chi connectivity index (χ4n) is 4.58. The zero-order valence-corrected chi connectivity index (χ0v) is 24.2. The Balaban J connectivity index is 0.000000953. The summed E-state index contributed by atoms with van der Waals surface area (Å²) in [5.74, 6) is 1.81. The van der Waals surface area contributed by atoms with Crippen molar-refractivity contribution in [1.29, 1.82) is 0 Å². The van der Waals surface area contributed by atoms with Crippen molar-refractivity contribution in [2.75, 3.05) is 32.8 Å². The number of carbonyl (C=O) groups excluding carboxylic acids is 1. The van der Waals surface area contributed by atoms with E-state index in [-0.39, 0.29) is 5.24 Å². The van der Waals surface area contributed by atoms with Gasteiger partial charge in [-0.3, -0.25) is 19.6 Å². The molecule has 204 valence electrons. The van der Waals surface area contributed by atoms with Gasteiger partial charge in [-0.2, -0.15) is 0 Å². The van der Waals surface area contributed by atoms with E-state index in [9.17, 15) is 4.79 Å². The number of rotatable bonds is 14. The second kappa shape index (κ2) is 23.4. The number of hydrogen-bond acceptors (Lipinski definition) is 5. The van der Waals surface area contributed by atoms with Crippen LogP contribution in [0.15, 0.2) is 30.6 Å². The summed E-state index contributed by atoms with van der Waals surface area (Å²) in [6.45, 7) is 16.4. The number of nitrogens with two attached hydrogens (primary N) is 1. The Bertz CT molecular complexity index is 531. The van der Waals surface area contributed by atoms with Gasteiger partial charge < -0.3 is 5.73 Å². The Morgan fingerprint density at radius 2 is 1.31 bits per heavy atom. The highest BCUT2D eigenvalue weighted by atomic mass is 35.5. The molecule has 2 atom stereocenters. The summed E-state index contributed by atoms with van der Waals surface area (Å²) in [4.78, 5) is 18.2. The minimum Gasteiger partial charge on any atom is -0.325 e. The van der Waals surface area contributed by atoms with Gasteiger partial charge in [0.2, 0.25) is 5.24 Å². The van der Waals surface area contributed by atoms with Gasteiger partial charge in [0, 0.05) is 38.4 Å². The van der Waals surface area contributed by atoms with Crippen LogP contribution in [0, 0.1) is 11.8 Å². The predicted molar refractivity (Wildman–Crippen MR) is 153 cm³/mol. The standard InChI is InChI=1S/C22H47N3.C5H5N.C2H3ClO/c1-5-9-11-20(7-3)13-15-24-17-22(23)18-25(19-24)16-14-21(8-4)12-10-6-2;1-2-4-6-5-3-1;1-2(3)4/h20-22H,5-19,23H2,1-4H3;1-5H;1H3. The normalized spacial score (nSPS) is 18.0. The zero-order valence-electron chi connectivity index (χ0n) is 23.4. The molecule has 35 heavy (non-hydrogen) atoms. The van der Waals surface area contributed by atoms with E-state index in [1.54, 1.807) is 12.4 Å². The summed E-state index contributed by atoms with van der Waals surface area (Å²) in [5.41, 5.74) is 6.37. The third-order valence-electron chi connectivity index (χ3n) is 6.75. The van der Waals surface area contributed by atoms with E-state index in [2.05, 4.69) is 54.1 Å². The van der Waals surface area contributed by atoms with Crippen molar-refractivity contribution in [2.45, 2.75) is 105 Å². The van der Waals surface area contributed by atoms with Crippen molar-refractivity contribution in [3.8, 4) is 0 Å². The molecule has 0 bridgehead atoms. The molecule has 6 heteroatoms. The molecule has 1 aliphatic heterocycles. The van der Waals surface area contributed by atoms with Crippen LogP contribution in [0.3, 0.4) is 0 Å². The highest BCUT2D eigenvalue weighted by Crippen LogP contribution is 2.20. The molecule has 1 aromatic heterocycles. The Hall–Kier alpha value is -1.01. The summed E-state index contributed by atoms with van der Waals surface area (Å²) in [5, 5.41) is -0.361. The van der Waals surface area contributed by atoms with E-state index < -0.39 is 0 Å². The summed E-state index contributed by atoms with van der Waals surface area (Å²) in [6.07, 6.45) is 17.1. The van der Waals surface area contributed by atoms with Crippen LogP contribution in [-0.2, 0) is 4.79 Å². The van der Waals surface area contributed by atoms with Crippen LogP contribution in [-0.4, -0.2) is 58.9 Å². The average molecular weight is 511 g/mol. The monoisotopic (exact) mass is 510 g/mol. The van der Waals surface area contributed by atoms with Crippen LogP contribution in [0.1, 0.15) is 98.8 Å². The number of unbranched alkanes of at least 4 members (excludes halogenated alkanes) is 2. The Kier molecular flexibility index (Phi) is 22.7. The first-order valence-electron chi connectivity index (χ1n) is 14.1. The van der Waals surface area contributed by atoms with Gasteiger partial charge in [0.05, 0.1) is 6.67 Å². The maximum Gasteiger partial charge on any atom is 0.218 e. The molecule has 2 unspecified atom stereocenters. The zero-order chi connectivity index (χ0) is 26.3. The topological polar surface area (TPSA) is 62.5 Å². The van der Waals surface area contributed by atoms with Crippen molar-refractivity contribution in [2.24, 2.45) is 17.6 Å². The number of carbonyl (C=O) groups is 1. The lowest BCUT2D eigenvalue weighted by Gasteiger charge is -2.40. The summed E-state index contributed by atoms with van der Waals surface area (Å²) >= 11 is 4.64. The molecule has 1 aliphatic rings. The molecule has 1 fully saturated rings. The quantitative estimate of drug-likeness (QED) is 0.274. The van der Waals surface area contributed by atoms with Crippen LogP contribution < -0.4 is 5.73 Å². The van der Waals surface area contributed by atoms with E-state index >= 15 is 0 Å². The van der Waals surface area contributed by atoms with E-state index in [1.165, 1.54) is 84.2 Å². The van der Waals surface area contributed by atoms with Crippen molar-refractivity contribution in [3.63, 3.8) is 0 Å². The van der Waals surface area contributed by atoms with Crippen molar-refractivity contribution >= 4 is 16.8 Å². The second-order valence-corrected chi connectivity index (χ2v) is 10.5. The van der Waals surface area contributed by atoms with Crippen molar-refractivity contribution in [1.82, 2.24) is 14.8 Å². The summed E-state index contributed by atoms with van der Waals surface area (Å²) < 4.78 is 0. The molecule has 2 rings (SSSR count). The van der Waals surface area contributed by atoms with E-state index in [4.69, 9.17) is 5.73 Å². The molecule has 5 nitrogen and oxygen atoms in total. The molecular formula is C29H55ClN4O. The Labute approximate surface area is 222 Å². The van der Waals surface area contributed by atoms with Crippen LogP contribution in [0.4, 0.5) is 0 Å². The largest absolute Gasteiger partial charge is 0.325 e. The lowest BCUT2D eigenvalue weighted by molar-refractivity contribution is -0.109. The van der Waals surface area contributed by atoms with Gasteiger partial charge in [0.1, 0.15) is 0 Å². The van der Waals surface area contributed by atoms with E-state index in [1.807, 2.05) is 18.2 Å². The molecule has 0 saturated carbocycles. The predicted octanol–water partition coefficient (Wildman–Crippen LogP) is 6.96. The SMILES string of the molecule is CC(=O)Cl.CCCCC(CC)CCN1CC(N)CN(CCC(CC)CCCC)C1.c1ccncc1. The fourth-order valence-corrected chi connectivity index (χ4v) is 4.58. The maximum atomic E-state index is 9.21. The van der Waals surface area contributed by atoms with Gasteiger partial charge in [-0.15, -0.1) is 0 Å². The third-order valence-corrected chi connectivity index (χ3v) is 6.75. The number of nitrogens with zero attached hydrogens (tertiary/aromatic N) is 3. The molecule has 2 heterocycles. The van der Waals surface area contributed by atoms with Crippen molar-refractivity contribution < 1.29 is 4.79 Å². The third kappa shape index (κ3) is 20.8. The molecule has 0 spiro atoms. The average Bonchev–Trinajstić information content (AvgIpc) is 2.85. The van der Waals surface area contributed by atoms with E-state index in [0.29, 0.717) is 6.04 Å². The number of hydrogen-bond donors (Lipinski definition) is 1. The lowest BCUT2D eigenvalue weighted by atomic mass is 9.95. The highest BCUT2D eigenvalue weighted by molar-refractivity contribution is 6.62. The molecule has 0 radical (unpaired) electrons. The van der Waals surface area contributed by atoms with Crippen LogP contribution >= 0.6 is 11.6 Å². The van der Waals surface area contributed by atoms with Gasteiger partial charge >= 0.3 is 0 Å². The van der Waals surface area contributed by atoms with E-state index in [0.717, 1.165) is 31.6 Å². The molecule has 1 aromatic rings. The van der Waals surface area contributed by atoms with Gasteiger partial charge in [-0.05, 0) is 61.5 Å². The molecule has 2 N–H and O–H groups in total. The first kappa shape index (κ1) is 34.0. The minimum absolute atomic E-state index is 0.334. The molecule has 0 aliphatic carbocycles. The maximum absolute atomic E-state index is 9.21. The lowest BCUT2D eigenvalue weighted by Crippen LogP contribution is -2.55. The van der Waals surface area contributed by atoms with Crippen LogP contribution in [0.25, 0.3) is 0 Å². The fraction of sp³-hybridized carbons (Fsp3) is 0.793. The Morgan fingerprint density at radius 1 is 0.886 bits per heavy atom. The van der Waals surface area contributed by atoms with Gasteiger partial charge in [-0.1, -0.05) is 85.1 Å². The Morgan fingerprint density at radius 3 is 1.60 bits per heavy atom. The van der Waals surface area contributed by atoms with Gasteiger partial charge in [0.15, 0.2) is 0 Å². The van der Waals surface area contributed by atoms with Crippen molar-refractivity contribution in [3.05, 3.63) is 30.6 Å². The van der Waals surface area contributed by atoms with Gasteiger partial charge in [-0.25, -0.2) is 0 Å². The van der Waals surface area contributed by atoms with Crippen LogP contribution in [0.5, 0.6) is 0 Å². The first-order chi connectivity index (χ1) is 16.9. The summed E-state index contributed by atoms with van der Waals surface area (Å²) in [7, 11) is 0. The molecular weight excluding hydrogens is 456 g/mol. The molecule has 0 amide bonds. The summed E-state index contributed by atoms with van der Waals surface area (Å²) in [6, 6.07) is 6.05. The van der Waals surface area contributed by atoms with Crippen LogP contribution in [0.2, 0.25) is 0 Å². The smallest absolute Gasteiger partial charge is 0.218 e. The van der Waals surface area contributed by atoms with Gasteiger partial charge in [0.25, 0.3) is 0 Å². The molecule has 1 saturated heterocycles. The number of halogens is 1. The first-order valence-corrected chi connectivity index (χ1v) is 14.4. The highest BCUT2D eigenvalue weighted by Gasteiger charge is 2.23. The minimum atomic E-state index is -0.361. The number of pyridine rings is 1.